The van der Waals surface area contributed by atoms with E-state index in [0.29, 0.717) is 18.4 Å². The lowest BCUT2D eigenvalue weighted by molar-refractivity contribution is -0.0328. The third-order valence-corrected chi connectivity index (χ3v) is 4.15. The molecule has 0 amide bonds. The Balaban J connectivity index is 2.35. The van der Waals surface area contributed by atoms with Crippen molar-refractivity contribution in [2.75, 3.05) is 12.3 Å². The quantitative estimate of drug-likeness (QED) is 0.751. The van der Waals surface area contributed by atoms with Gasteiger partial charge >= 0.3 is 5.51 Å². The molecule has 2 unspecified atom stereocenters. The van der Waals surface area contributed by atoms with Crippen LogP contribution in [0.3, 0.4) is 0 Å². The van der Waals surface area contributed by atoms with Gasteiger partial charge in [-0.25, -0.2) is 0 Å². The molecule has 1 aliphatic rings. The zero-order chi connectivity index (χ0) is 12.7. The number of hydrogen-bond acceptors (Lipinski definition) is 2. The minimum absolute atomic E-state index is 0.126. The van der Waals surface area contributed by atoms with Gasteiger partial charge in [0.2, 0.25) is 0 Å². The highest BCUT2D eigenvalue weighted by molar-refractivity contribution is 8.00. The molecule has 0 spiro atoms. The highest BCUT2D eigenvalue weighted by Gasteiger charge is 2.29. The van der Waals surface area contributed by atoms with E-state index >= 15 is 0 Å². The van der Waals surface area contributed by atoms with E-state index in [1.54, 1.807) is 0 Å². The summed E-state index contributed by atoms with van der Waals surface area (Å²) >= 11 is 0.126. The van der Waals surface area contributed by atoms with Crippen LogP contribution in [0.1, 0.15) is 45.4 Å². The largest absolute Gasteiger partial charge is 0.441 e. The fourth-order valence-electron chi connectivity index (χ4n) is 2.59. The second-order valence-corrected chi connectivity index (χ2v) is 5.80. The van der Waals surface area contributed by atoms with Gasteiger partial charge in [-0.2, -0.15) is 13.2 Å². The summed E-state index contributed by atoms with van der Waals surface area (Å²) < 4.78 is 36.2. The van der Waals surface area contributed by atoms with Gasteiger partial charge in [0.1, 0.15) is 0 Å². The maximum atomic E-state index is 12.1. The standard InChI is InChI=1S/C12H22F3NS/c1-2-16-11-7-5-3-4-6-10(11)8-9-17-12(13,14)15/h10-11,16H,2-9H2,1H3. The van der Waals surface area contributed by atoms with Crippen molar-refractivity contribution in [1.29, 1.82) is 0 Å². The Morgan fingerprint density at radius 1 is 1.18 bits per heavy atom. The normalized spacial score (nSPS) is 26.8. The molecule has 2 atom stereocenters. The molecule has 0 aromatic heterocycles. The SMILES string of the molecule is CCNC1CCCCCC1CCSC(F)(F)F. The molecule has 1 saturated carbocycles. The van der Waals surface area contributed by atoms with Crippen LogP contribution in [0.2, 0.25) is 0 Å². The van der Waals surface area contributed by atoms with Gasteiger partial charge in [-0.3, -0.25) is 0 Å². The van der Waals surface area contributed by atoms with Gasteiger partial charge in [0, 0.05) is 11.8 Å². The Kier molecular flexibility index (Phi) is 6.70. The monoisotopic (exact) mass is 269 g/mol. The Labute approximate surface area is 106 Å². The van der Waals surface area contributed by atoms with E-state index in [1.807, 2.05) is 0 Å². The van der Waals surface area contributed by atoms with Crippen LogP contribution in [0.5, 0.6) is 0 Å². The number of hydrogen-bond donors (Lipinski definition) is 1. The molecule has 1 rings (SSSR count). The number of thioether (sulfide) groups is 1. The lowest BCUT2D eigenvalue weighted by Gasteiger charge is -2.25. The van der Waals surface area contributed by atoms with Crippen LogP contribution in [0.15, 0.2) is 0 Å². The third kappa shape index (κ3) is 6.55. The number of rotatable bonds is 5. The van der Waals surface area contributed by atoms with Crippen molar-refractivity contribution < 1.29 is 13.2 Å². The number of alkyl halides is 3. The molecular formula is C12H22F3NS. The maximum absolute atomic E-state index is 12.1. The lowest BCUT2D eigenvalue weighted by atomic mass is 9.92. The van der Waals surface area contributed by atoms with Crippen LogP contribution in [0.4, 0.5) is 13.2 Å². The third-order valence-electron chi connectivity index (χ3n) is 3.38. The van der Waals surface area contributed by atoms with Gasteiger partial charge in [0.15, 0.2) is 0 Å². The summed E-state index contributed by atoms with van der Waals surface area (Å²) in [6, 6.07) is 0.427. The van der Waals surface area contributed by atoms with Gasteiger partial charge in [0.05, 0.1) is 0 Å². The van der Waals surface area contributed by atoms with E-state index in [-0.39, 0.29) is 17.5 Å². The van der Waals surface area contributed by atoms with Crippen LogP contribution in [0.25, 0.3) is 0 Å². The van der Waals surface area contributed by atoms with Crippen LogP contribution in [-0.4, -0.2) is 23.8 Å². The number of halogens is 3. The lowest BCUT2D eigenvalue weighted by Crippen LogP contribution is -2.35. The van der Waals surface area contributed by atoms with Crippen molar-refractivity contribution in [3.8, 4) is 0 Å². The first kappa shape index (κ1) is 15.2. The van der Waals surface area contributed by atoms with Crippen LogP contribution in [-0.2, 0) is 0 Å². The minimum Gasteiger partial charge on any atom is -0.314 e. The molecule has 0 radical (unpaired) electrons. The predicted octanol–water partition coefficient (Wildman–Crippen LogP) is 4.19. The first-order chi connectivity index (χ1) is 8.03. The summed E-state index contributed by atoms with van der Waals surface area (Å²) in [5.41, 5.74) is -4.07. The molecule has 17 heavy (non-hydrogen) atoms. The highest BCUT2D eigenvalue weighted by atomic mass is 32.2. The molecule has 1 aliphatic carbocycles. The molecule has 1 fully saturated rings. The summed E-state index contributed by atoms with van der Waals surface area (Å²) in [6.45, 7) is 2.97. The average molecular weight is 269 g/mol. The van der Waals surface area contributed by atoms with Crippen molar-refractivity contribution in [3.05, 3.63) is 0 Å². The van der Waals surface area contributed by atoms with E-state index in [4.69, 9.17) is 0 Å². The van der Waals surface area contributed by atoms with Gasteiger partial charge in [-0.05, 0) is 31.7 Å². The number of nitrogens with one attached hydrogen (secondary N) is 1. The molecule has 5 heteroatoms. The van der Waals surface area contributed by atoms with Crippen LogP contribution >= 0.6 is 11.8 Å². The molecule has 0 aliphatic heterocycles. The molecule has 0 bridgehead atoms. The second-order valence-electron chi connectivity index (χ2n) is 4.65. The summed E-state index contributed by atoms with van der Waals surface area (Å²) in [4.78, 5) is 0. The zero-order valence-corrected chi connectivity index (χ0v) is 11.2. The molecule has 1 nitrogen and oxygen atoms in total. The fourth-order valence-corrected chi connectivity index (χ4v) is 3.24. The second kappa shape index (κ2) is 7.52. The molecular weight excluding hydrogens is 247 g/mol. The zero-order valence-electron chi connectivity index (χ0n) is 10.4. The average Bonchev–Trinajstić information content (AvgIpc) is 2.43. The molecule has 0 saturated heterocycles. The highest BCUT2D eigenvalue weighted by Crippen LogP contribution is 2.33. The molecule has 0 heterocycles. The van der Waals surface area contributed by atoms with Gasteiger partial charge in [-0.15, -0.1) is 0 Å². The fraction of sp³-hybridized carbons (Fsp3) is 1.00. The van der Waals surface area contributed by atoms with Gasteiger partial charge in [0.25, 0.3) is 0 Å². The molecule has 1 N–H and O–H groups in total. The van der Waals surface area contributed by atoms with Crippen LogP contribution < -0.4 is 5.32 Å². The van der Waals surface area contributed by atoms with Gasteiger partial charge < -0.3 is 5.32 Å². The molecule has 0 aromatic carbocycles. The molecule has 0 aromatic rings. The van der Waals surface area contributed by atoms with Crippen molar-refractivity contribution in [2.24, 2.45) is 5.92 Å². The summed E-state index contributed by atoms with van der Waals surface area (Å²) in [5, 5.41) is 3.43. The minimum atomic E-state index is -4.07. The Bertz CT molecular complexity index is 208. The Hall–Kier alpha value is 0.100. The van der Waals surface area contributed by atoms with Crippen molar-refractivity contribution in [2.45, 2.75) is 57.0 Å². The van der Waals surface area contributed by atoms with E-state index in [9.17, 15) is 13.2 Å². The Morgan fingerprint density at radius 3 is 2.53 bits per heavy atom. The Morgan fingerprint density at radius 2 is 1.88 bits per heavy atom. The maximum Gasteiger partial charge on any atom is 0.441 e. The van der Waals surface area contributed by atoms with E-state index in [1.165, 1.54) is 19.3 Å². The smallest absolute Gasteiger partial charge is 0.314 e. The summed E-state index contributed by atoms with van der Waals surface area (Å²) in [5.74, 6) is 0.628. The van der Waals surface area contributed by atoms with Gasteiger partial charge in [-0.1, -0.05) is 37.9 Å². The van der Waals surface area contributed by atoms with E-state index in [2.05, 4.69) is 12.2 Å². The predicted molar refractivity (Wildman–Crippen MR) is 67.2 cm³/mol. The van der Waals surface area contributed by atoms with Crippen molar-refractivity contribution in [1.82, 2.24) is 5.32 Å². The first-order valence-corrected chi connectivity index (χ1v) is 7.45. The molecule has 102 valence electrons. The topological polar surface area (TPSA) is 12.0 Å². The summed E-state index contributed by atoms with van der Waals surface area (Å²) in [7, 11) is 0. The summed E-state index contributed by atoms with van der Waals surface area (Å²) in [6.07, 6.45) is 6.49. The van der Waals surface area contributed by atoms with E-state index < -0.39 is 5.51 Å². The van der Waals surface area contributed by atoms with Crippen molar-refractivity contribution >= 4 is 11.8 Å². The van der Waals surface area contributed by atoms with E-state index in [0.717, 1.165) is 19.4 Å². The van der Waals surface area contributed by atoms with Crippen molar-refractivity contribution in [3.63, 3.8) is 0 Å². The first-order valence-electron chi connectivity index (χ1n) is 6.47. The van der Waals surface area contributed by atoms with Crippen LogP contribution in [0, 0.1) is 5.92 Å².